The van der Waals surface area contributed by atoms with Crippen LogP contribution in [0.5, 0.6) is 0 Å². The lowest BCUT2D eigenvalue weighted by atomic mass is 9.99. The number of aromatic nitrogens is 1. The van der Waals surface area contributed by atoms with Gasteiger partial charge in [-0.25, -0.2) is 0 Å². The molecule has 2 heterocycles. The molecule has 3 rings (SSSR count). The molecule has 2 nitrogen and oxygen atoms in total. The molecule has 1 aromatic rings. The third-order valence-electron chi connectivity index (χ3n) is 4.70. The Labute approximate surface area is 104 Å². The van der Waals surface area contributed by atoms with Crippen molar-refractivity contribution in [1.82, 2.24) is 4.98 Å². The molecule has 1 saturated carbocycles. The standard InChI is InChI=1S/C15H22N2/c1-9-7-10(2)16-11(3)15(9)17-12(4)13-5-6-14(17)8-13/h7,12-14H,5-6,8H2,1-4H3/t12-,13?,14?/m0/s1. The first-order valence-corrected chi connectivity index (χ1v) is 6.81. The molecule has 3 atom stereocenters. The Balaban J connectivity index is 2.05. The summed E-state index contributed by atoms with van der Waals surface area (Å²) in [6.07, 6.45) is 4.20. The number of aryl methyl sites for hydroxylation is 3. The van der Waals surface area contributed by atoms with Crippen LogP contribution in [0.25, 0.3) is 0 Å². The molecule has 2 unspecified atom stereocenters. The van der Waals surface area contributed by atoms with E-state index in [4.69, 9.17) is 0 Å². The zero-order valence-corrected chi connectivity index (χ0v) is 11.3. The smallest absolute Gasteiger partial charge is 0.0617 e. The Morgan fingerprint density at radius 3 is 2.59 bits per heavy atom. The lowest BCUT2D eigenvalue weighted by Gasteiger charge is -2.37. The van der Waals surface area contributed by atoms with Gasteiger partial charge >= 0.3 is 0 Å². The molecule has 2 bridgehead atoms. The molecule has 2 fully saturated rings. The maximum Gasteiger partial charge on any atom is 0.0617 e. The molecule has 0 aromatic carbocycles. The second kappa shape index (κ2) is 3.72. The summed E-state index contributed by atoms with van der Waals surface area (Å²) >= 11 is 0. The molecule has 92 valence electrons. The number of anilines is 1. The average molecular weight is 230 g/mol. The van der Waals surface area contributed by atoms with Crippen molar-refractivity contribution in [3.63, 3.8) is 0 Å². The first kappa shape index (κ1) is 11.1. The predicted octanol–water partition coefficient (Wildman–Crippen LogP) is 3.38. The molecule has 0 radical (unpaired) electrons. The summed E-state index contributed by atoms with van der Waals surface area (Å²) in [4.78, 5) is 7.31. The van der Waals surface area contributed by atoms with Crippen molar-refractivity contribution in [2.45, 2.75) is 59.0 Å². The molecule has 1 aromatic heterocycles. The molecule has 2 aliphatic rings. The molecule has 17 heavy (non-hydrogen) atoms. The SMILES string of the molecule is Cc1cc(C)c(N2C3CCC(C3)[C@@H]2C)c(C)n1. The Bertz CT molecular complexity index is 427. The van der Waals surface area contributed by atoms with E-state index in [1.54, 1.807) is 0 Å². The molecule has 0 N–H and O–H groups in total. The van der Waals surface area contributed by atoms with E-state index < -0.39 is 0 Å². The van der Waals surface area contributed by atoms with Gasteiger partial charge in [0.2, 0.25) is 0 Å². The van der Waals surface area contributed by atoms with Gasteiger partial charge in [-0.15, -0.1) is 0 Å². The maximum absolute atomic E-state index is 4.66. The summed E-state index contributed by atoms with van der Waals surface area (Å²) < 4.78 is 0. The summed E-state index contributed by atoms with van der Waals surface area (Å²) in [5, 5.41) is 0. The normalized spacial score (nSPS) is 31.3. The number of nitrogens with zero attached hydrogens (tertiary/aromatic N) is 2. The van der Waals surface area contributed by atoms with Crippen LogP contribution >= 0.6 is 0 Å². The number of pyridine rings is 1. The van der Waals surface area contributed by atoms with Crippen molar-refractivity contribution in [1.29, 1.82) is 0 Å². The van der Waals surface area contributed by atoms with Gasteiger partial charge in [0.25, 0.3) is 0 Å². The third kappa shape index (κ3) is 1.57. The van der Waals surface area contributed by atoms with Crippen LogP contribution in [-0.2, 0) is 0 Å². The fraction of sp³-hybridized carbons (Fsp3) is 0.667. The van der Waals surface area contributed by atoms with Crippen LogP contribution in [-0.4, -0.2) is 17.1 Å². The average Bonchev–Trinajstić information content (AvgIpc) is 2.79. The van der Waals surface area contributed by atoms with Crippen molar-refractivity contribution in [3.8, 4) is 0 Å². The number of rotatable bonds is 1. The van der Waals surface area contributed by atoms with Crippen LogP contribution < -0.4 is 4.90 Å². The highest BCUT2D eigenvalue weighted by molar-refractivity contribution is 5.60. The summed E-state index contributed by atoms with van der Waals surface area (Å²) in [5.74, 6) is 0.917. The minimum absolute atomic E-state index is 0.704. The van der Waals surface area contributed by atoms with Crippen molar-refractivity contribution >= 4 is 5.69 Å². The maximum atomic E-state index is 4.66. The molecule has 0 amide bonds. The van der Waals surface area contributed by atoms with E-state index in [1.807, 2.05) is 0 Å². The van der Waals surface area contributed by atoms with Gasteiger partial charge in [-0.2, -0.15) is 0 Å². The van der Waals surface area contributed by atoms with Crippen LogP contribution in [0.2, 0.25) is 0 Å². The predicted molar refractivity (Wildman–Crippen MR) is 71.5 cm³/mol. The zero-order valence-electron chi connectivity index (χ0n) is 11.3. The van der Waals surface area contributed by atoms with Gasteiger partial charge < -0.3 is 4.90 Å². The van der Waals surface area contributed by atoms with E-state index in [1.165, 1.54) is 36.2 Å². The fourth-order valence-corrected chi connectivity index (χ4v) is 4.04. The monoisotopic (exact) mass is 230 g/mol. The lowest BCUT2D eigenvalue weighted by Crippen LogP contribution is -2.40. The van der Waals surface area contributed by atoms with Crippen molar-refractivity contribution in [3.05, 3.63) is 23.0 Å². The van der Waals surface area contributed by atoms with Crippen molar-refractivity contribution in [2.75, 3.05) is 4.90 Å². The minimum Gasteiger partial charge on any atom is -0.364 e. The minimum atomic E-state index is 0.704. The third-order valence-corrected chi connectivity index (χ3v) is 4.70. The Morgan fingerprint density at radius 1 is 1.24 bits per heavy atom. The molecule has 1 aliphatic heterocycles. The highest BCUT2D eigenvalue weighted by Gasteiger charge is 2.44. The largest absolute Gasteiger partial charge is 0.364 e. The highest BCUT2D eigenvalue weighted by Crippen LogP contribution is 2.46. The topological polar surface area (TPSA) is 16.1 Å². The molecule has 1 aliphatic carbocycles. The second-order valence-corrected chi connectivity index (χ2v) is 5.89. The van der Waals surface area contributed by atoms with Crippen LogP contribution in [0.3, 0.4) is 0 Å². The lowest BCUT2D eigenvalue weighted by molar-refractivity contribution is 0.453. The van der Waals surface area contributed by atoms with Gasteiger partial charge in [0, 0.05) is 17.8 Å². The number of piperidine rings is 1. The fourth-order valence-electron chi connectivity index (χ4n) is 4.04. The van der Waals surface area contributed by atoms with Gasteiger partial charge in [-0.1, -0.05) is 0 Å². The van der Waals surface area contributed by atoms with Crippen LogP contribution in [0.1, 0.15) is 43.1 Å². The molecule has 0 spiro atoms. The first-order chi connectivity index (χ1) is 8.08. The van der Waals surface area contributed by atoms with Gasteiger partial charge in [0.05, 0.1) is 11.4 Å². The van der Waals surface area contributed by atoms with Gasteiger partial charge in [0.1, 0.15) is 0 Å². The second-order valence-electron chi connectivity index (χ2n) is 5.89. The van der Waals surface area contributed by atoms with Crippen molar-refractivity contribution < 1.29 is 0 Å². The van der Waals surface area contributed by atoms with E-state index in [2.05, 4.69) is 43.6 Å². The number of hydrogen-bond acceptors (Lipinski definition) is 2. The Morgan fingerprint density at radius 2 is 2.00 bits per heavy atom. The van der Waals surface area contributed by atoms with E-state index in [9.17, 15) is 0 Å². The van der Waals surface area contributed by atoms with Crippen LogP contribution in [0, 0.1) is 26.7 Å². The van der Waals surface area contributed by atoms with E-state index in [0.717, 1.165) is 17.7 Å². The molecule has 2 heteroatoms. The first-order valence-electron chi connectivity index (χ1n) is 6.81. The van der Waals surface area contributed by atoms with Crippen molar-refractivity contribution in [2.24, 2.45) is 5.92 Å². The van der Waals surface area contributed by atoms with Gasteiger partial charge in [-0.3, -0.25) is 4.98 Å². The quantitative estimate of drug-likeness (QED) is 0.735. The summed E-state index contributed by atoms with van der Waals surface area (Å²) in [6, 6.07) is 3.70. The van der Waals surface area contributed by atoms with E-state index in [-0.39, 0.29) is 0 Å². The van der Waals surface area contributed by atoms with Crippen LogP contribution in [0.4, 0.5) is 5.69 Å². The van der Waals surface area contributed by atoms with Crippen LogP contribution in [0.15, 0.2) is 6.07 Å². The Kier molecular flexibility index (Phi) is 2.42. The summed E-state index contributed by atoms with van der Waals surface area (Å²) in [6.45, 7) is 8.87. The molecule has 1 saturated heterocycles. The van der Waals surface area contributed by atoms with Gasteiger partial charge in [0.15, 0.2) is 0 Å². The van der Waals surface area contributed by atoms with Gasteiger partial charge in [-0.05, 0) is 64.5 Å². The number of hydrogen-bond donors (Lipinski definition) is 0. The summed E-state index contributed by atoms with van der Waals surface area (Å²) in [5.41, 5.74) is 5.16. The molecular weight excluding hydrogens is 208 g/mol. The Hall–Kier alpha value is -1.05. The number of fused-ring (bicyclic) bond motifs is 2. The summed E-state index contributed by atoms with van der Waals surface area (Å²) in [7, 11) is 0. The highest BCUT2D eigenvalue weighted by atomic mass is 15.2. The zero-order chi connectivity index (χ0) is 12.2. The van der Waals surface area contributed by atoms with E-state index >= 15 is 0 Å². The molecular formula is C15H22N2. The van der Waals surface area contributed by atoms with E-state index in [0.29, 0.717) is 6.04 Å².